The van der Waals surface area contributed by atoms with Gasteiger partial charge in [0.05, 0.1) is 5.02 Å². The Kier molecular flexibility index (Phi) is 4.39. The Morgan fingerprint density at radius 3 is 2.67 bits per heavy atom. The number of phenols is 1. The molecule has 0 saturated carbocycles. The third kappa shape index (κ3) is 2.84. The van der Waals surface area contributed by atoms with Crippen LogP contribution in [0, 0.1) is 0 Å². The molecule has 0 aliphatic rings. The largest absolute Gasteiger partial charge is 0.506 e. The van der Waals surface area contributed by atoms with Crippen molar-refractivity contribution in [3.63, 3.8) is 0 Å². The standard InChI is InChI=1S/C11H16ClNO2/c1-2-7-5-8(10(13)3-4-14)11(15)9(12)6-7/h5-6,10,14-15H,2-4,13H2,1H3. The minimum atomic E-state index is -0.376. The molecule has 4 heteroatoms. The van der Waals surface area contributed by atoms with Crippen LogP contribution in [0.5, 0.6) is 5.75 Å². The summed E-state index contributed by atoms with van der Waals surface area (Å²) < 4.78 is 0. The average Bonchev–Trinajstić information content (AvgIpc) is 2.22. The van der Waals surface area contributed by atoms with Crippen LogP contribution in [0.15, 0.2) is 12.1 Å². The lowest BCUT2D eigenvalue weighted by molar-refractivity contribution is 0.275. The van der Waals surface area contributed by atoms with Gasteiger partial charge in [0.2, 0.25) is 0 Å². The zero-order valence-corrected chi connectivity index (χ0v) is 9.46. The second-order valence-corrected chi connectivity index (χ2v) is 3.90. The molecule has 84 valence electrons. The van der Waals surface area contributed by atoms with Crippen LogP contribution >= 0.6 is 11.6 Å². The Bertz CT molecular complexity index is 342. The summed E-state index contributed by atoms with van der Waals surface area (Å²) in [5.74, 6) is 0.0230. The molecule has 0 aromatic heterocycles. The Morgan fingerprint density at radius 1 is 1.47 bits per heavy atom. The lowest BCUT2D eigenvalue weighted by Crippen LogP contribution is -2.12. The van der Waals surface area contributed by atoms with E-state index < -0.39 is 0 Å². The first kappa shape index (κ1) is 12.3. The van der Waals surface area contributed by atoms with Gasteiger partial charge in [-0.3, -0.25) is 0 Å². The first-order valence-corrected chi connectivity index (χ1v) is 5.35. The number of halogens is 1. The van der Waals surface area contributed by atoms with E-state index in [2.05, 4.69) is 0 Å². The van der Waals surface area contributed by atoms with Crippen LogP contribution in [-0.2, 0) is 6.42 Å². The molecule has 0 saturated heterocycles. The summed E-state index contributed by atoms with van der Waals surface area (Å²) in [5.41, 5.74) is 7.45. The zero-order valence-electron chi connectivity index (χ0n) is 8.70. The molecule has 0 aliphatic heterocycles. The predicted molar refractivity (Wildman–Crippen MR) is 61.1 cm³/mol. The van der Waals surface area contributed by atoms with E-state index in [0.717, 1.165) is 12.0 Å². The van der Waals surface area contributed by atoms with E-state index >= 15 is 0 Å². The number of rotatable bonds is 4. The first-order valence-electron chi connectivity index (χ1n) is 4.97. The maximum Gasteiger partial charge on any atom is 0.138 e. The van der Waals surface area contributed by atoms with Crippen molar-refractivity contribution >= 4 is 11.6 Å². The highest BCUT2D eigenvalue weighted by Gasteiger charge is 2.14. The zero-order chi connectivity index (χ0) is 11.4. The summed E-state index contributed by atoms with van der Waals surface area (Å²) in [4.78, 5) is 0. The minimum Gasteiger partial charge on any atom is -0.506 e. The second-order valence-electron chi connectivity index (χ2n) is 3.49. The molecule has 0 spiro atoms. The van der Waals surface area contributed by atoms with Gasteiger partial charge in [0.1, 0.15) is 5.75 Å². The topological polar surface area (TPSA) is 66.5 Å². The molecule has 4 N–H and O–H groups in total. The summed E-state index contributed by atoms with van der Waals surface area (Å²) in [6.45, 7) is 2.00. The first-order chi connectivity index (χ1) is 7.10. The van der Waals surface area contributed by atoms with E-state index in [1.54, 1.807) is 6.07 Å². The highest BCUT2D eigenvalue weighted by molar-refractivity contribution is 6.32. The summed E-state index contributed by atoms with van der Waals surface area (Å²) in [7, 11) is 0. The molecule has 0 radical (unpaired) electrons. The van der Waals surface area contributed by atoms with Crippen LogP contribution in [0.25, 0.3) is 0 Å². The Labute approximate surface area is 94.5 Å². The molecular formula is C11H16ClNO2. The van der Waals surface area contributed by atoms with Crippen LogP contribution in [0.1, 0.15) is 30.5 Å². The van der Waals surface area contributed by atoms with E-state index in [4.69, 9.17) is 22.4 Å². The minimum absolute atomic E-state index is 0.00538. The number of hydrogen-bond donors (Lipinski definition) is 3. The summed E-state index contributed by atoms with van der Waals surface area (Å²) in [6.07, 6.45) is 1.25. The summed E-state index contributed by atoms with van der Waals surface area (Å²) >= 11 is 5.87. The summed E-state index contributed by atoms with van der Waals surface area (Å²) in [6, 6.07) is 3.19. The van der Waals surface area contributed by atoms with E-state index in [0.29, 0.717) is 17.0 Å². The molecule has 1 aromatic carbocycles. The Balaban J connectivity index is 3.09. The molecule has 1 unspecified atom stereocenters. The number of aliphatic hydroxyl groups is 1. The summed E-state index contributed by atoms with van der Waals surface area (Å²) in [5, 5.41) is 18.8. The van der Waals surface area contributed by atoms with Crippen LogP contribution in [0.2, 0.25) is 5.02 Å². The molecule has 1 rings (SSSR count). The van der Waals surface area contributed by atoms with Gasteiger partial charge in [-0.25, -0.2) is 0 Å². The third-order valence-corrected chi connectivity index (χ3v) is 2.69. The van der Waals surface area contributed by atoms with E-state index in [1.165, 1.54) is 0 Å². The van der Waals surface area contributed by atoms with Crippen LogP contribution in [0.4, 0.5) is 0 Å². The van der Waals surface area contributed by atoms with Crippen LogP contribution in [-0.4, -0.2) is 16.8 Å². The molecule has 3 nitrogen and oxygen atoms in total. The van der Waals surface area contributed by atoms with Crippen molar-refractivity contribution in [1.29, 1.82) is 0 Å². The fourth-order valence-corrected chi connectivity index (χ4v) is 1.71. The van der Waals surface area contributed by atoms with Crippen LogP contribution in [0.3, 0.4) is 0 Å². The van der Waals surface area contributed by atoms with Crippen molar-refractivity contribution in [2.24, 2.45) is 5.73 Å². The average molecular weight is 230 g/mol. The Hall–Kier alpha value is -0.770. The fraction of sp³-hybridized carbons (Fsp3) is 0.455. The molecule has 15 heavy (non-hydrogen) atoms. The molecule has 0 aliphatic carbocycles. The van der Waals surface area contributed by atoms with Gasteiger partial charge in [0.25, 0.3) is 0 Å². The van der Waals surface area contributed by atoms with Gasteiger partial charge in [0, 0.05) is 18.2 Å². The smallest absolute Gasteiger partial charge is 0.138 e. The molecule has 0 bridgehead atoms. The highest BCUT2D eigenvalue weighted by atomic mass is 35.5. The maximum absolute atomic E-state index is 9.72. The van der Waals surface area contributed by atoms with Gasteiger partial charge >= 0.3 is 0 Å². The third-order valence-electron chi connectivity index (χ3n) is 2.40. The van der Waals surface area contributed by atoms with Gasteiger partial charge in [-0.15, -0.1) is 0 Å². The number of aliphatic hydroxyl groups excluding tert-OH is 1. The lowest BCUT2D eigenvalue weighted by Gasteiger charge is -2.14. The van der Waals surface area contributed by atoms with Crippen molar-refractivity contribution in [2.75, 3.05) is 6.61 Å². The number of phenolic OH excluding ortho intramolecular Hbond substituents is 1. The monoisotopic (exact) mass is 229 g/mol. The molecule has 0 fully saturated rings. The maximum atomic E-state index is 9.72. The SMILES string of the molecule is CCc1cc(Cl)c(O)c(C(N)CCO)c1. The quantitative estimate of drug-likeness (QED) is 0.740. The van der Waals surface area contributed by atoms with E-state index in [1.807, 2.05) is 13.0 Å². The molecule has 1 atom stereocenters. The molecule has 0 amide bonds. The molecule has 1 aromatic rings. The van der Waals surface area contributed by atoms with Gasteiger partial charge < -0.3 is 15.9 Å². The number of aromatic hydroxyl groups is 1. The van der Waals surface area contributed by atoms with Gasteiger partial charge in [-0.2, -0.15) is 0 Å². The second kappa shape index (κ2) is 5.35. The van der Waals surface area contributed by atoms with Crippen molar-refractivity contribution in [1.82, 2.24) is 0 Å². The highest BCUT2D eigenvalue weighted by Crippen LogP contribution is 2.33. The van der Waals surface area contributed by atoms with Gasteiger partial charge in [-0.1, -0.05) is 24.6 Å². The van der Waals surface area contributed by atoms with Crippen molar-refractivity contribution < 1.29 is 10.2 Å². The van der Waals surface area contributed by atoms with E-state index in [-0.39, 0.29) is 18.4 Å². The van der Waals surface area contributed by atoms with Crippen molar-refractivity contribution in [2.45, 2.75) is 25.8 Å². The van der Waals surface area contributed by atoms with Crippen molar-refractivity contribution in [3.8, 4) is 5.75 Å². The lowest BCUT2D eigenvalue weighted by atomic mass is 10.00. The van der Waals surface area contributed by atoms with Gasteiger partial charge in [-0.05, 0) is 24.5 Å². The predicted octanol–water partition coefficient (Wildman–Crippen LogP) is 1.99. The van der Waals surface area contributed by atoms with Crippen molar-refractivity contribution in [3.05, 3.63) is 28.3 Å². The van der Waals surface area contributed by atoms with E-state index in [9.17, 15) is 5.11 Å². The van der Waals surface area contributed by atoms with Crippen LogP contribution < -0.4 is 5.73 Å². The fourth-order valence-electron chi connectivity index (χ4n) is 1.46. The number of benzene rings is 1. The molecular weight excluding hydrogens is 214 g/mol. The molecule has 0 heterocycles. The van der Waals surface area contributed by atoms with Gasteiger partial charge in [0.15, 0.2) is 0 Å². The number of nitrogens with two attached hydrogens (primary N) is 1. The normalized spacial score (nSPS) is 12.8. The Morgan fingerprint density at radius 2 is 2.13 bits per heavy atom. The number of aryl methyl sites for hydroxylation is 1. The number of hydrogen-bond acceptors (Lipinski definition) is 3.